The fourth-order valence-corrected chi connectivity index (χ4v) is 5.20. The number of benzene rings is 2. The maximum absolute atomic E-state index is 12.4. The second-order valence-electron chi connectivity index (χ2n) is 10.3. The van der Waals surface area contributed by atoms with E-state index in [4.69, 9.17) is 14.2 Å². The molecule has 216 valence electrons. The van der Waals surface area contributed by atoms with Crippen LogP contribution in [0.3, 0.4) is 0 Å². The first-order valence-electron chi connectivity index (χ1n) is 13.8. The predicted molar refractivity (Wildman–Crippen MR) is 162 cm³/mol. The molecule has 1 unspecified atom stereocenters. The van der Waals surface area contributed by atoms with E-state index in [0.717, 1.165) is 43.8 Å². The Hall–Kier alpha value is -3.46. The van der Waals surface area contributed by atoms with Gasteiger partial charge in [0.05, 0.1) is 12.7 Å². The molecule has 2 aromatic carbocycles. The van der Waals surface area contributed by atoms with E-state index in [0.29, 0.717) is 26.2 Å². The number of aromatic nitrogens is 1. The molecule has 0 fully saturated rings. The largest absolute Gasteiger partial charge is 0.493 e. The molecule has 2 atom stereocenters. The molecule has 1 aliphatic rings. The number of pyridine rings is 1. The first-order valence-corrected chi connectivity index (χ1v) is 14.6. The summed E-state index contributed by atoms with van der Waals surface area (Å²) in [7, 11) is 0. The van der Waals surface area contributed by atoms with Crippen LogP contribution in [0, 0.1) is 5.92 Å². The highest BCUT2D eigenvalue weighted by Gasteiger charge is 2.27. The van der Waals surface area contributed by atoms with Crippen LogP contribution >= 0.6 is 15.9 Å². The smallest absolute Gasteiger partial charge is 0.325 e. The summed E-state index contributed by atoms with van der Waals surface area (Å²) in [6, 6.07) is 19.4. The van der Waals surface area contributed by atoms with Gasteiger partial charge >= 0.3 is 5.97 Å². The third-order valence-electron chi connectivity index (χ3n) is 6.75. The summed E-state index contributed by atoms with van der Waals surface area (Å²) in [5.41, 5.74) is 5.30. The molecule has 0 radical (unpaired) electrons. The molecule has 2 N–H and O–H groups in total. The molecule has 8 heteroatoms. The molecular formula is C33H37BrN2O5. The molecule has 1 heterocycles. The Morgan fingerprint density at radius 1 is 1.07 bits per heavy atom. The molecule has 0 saturated carbocycles. The number of hydrogen-bond donors (Lipinski definition) is 2. The SMILES string of the molecule is CC1=C(OCc2cccc(-c3ccccc3)c2Br)C=C(OCc2cccnc2)C(CN[C@@H](CO)C(=O)OC(C)C)C1. The van der Waals surface area contributed by atoms with Crippen LogP contribution in [0.25, 0.3) is 11.1 Å². The first-order chi connectivity index (χ1) is 19.9. The Balaban J connectivity index is 1.49. The van der Waals surface area contributed by atoms with Gasteiger partial charge in [-0.25, -0.2) is 0 Å². The van der Waals surface area contributed by atoms with Crippen molar-refractivity contribution in [2.45, 2.75) is 52.6 Å². The predicted octanol–water partition coefficient (Wildman–Crippen LogP) is 6.32. The Bertz CT molecular complexity index is 1360. The Morgan fingerprint density at radius 3 is 2.59 bits per heavy atom. The average Bonchev–Trinajstić information content (AvgIpc) is 2.97. The highest BCUT2D eigenvalue weighted by Crippen LogP contribution is 2.34. The monoisotopic (exact) mass is 620 g/mol. The summed E-state index contributed by atoms with van der Waals surface area (Å²) in [5.74, 6) is 0.970. The average molecular weight is 622 g/mol. The third kappa shape index (κ3) is 8.52. The summed E-state index contributed by atoms with van der Waals surface area (Å²) in [4.78, 5) is 16.6. The zero-order valence-corrected chi connectivity index (χ0v) is 25.3. The molecule has 1 aliphatic carbocycles. The van der Waals surface area contributed by atoms with Crippen LogP contribution in [0.5, 0.6) is 0 Å². The zero-order valence-electron chi connectivity index (χ0n) is 23.7. The zero-order chi connectivity index (χ0) is 29.2. The molecule has 3 aromatic rings. The minimum absolute atomic E-state index is 0.0620. The normalized spacial score (nSPS) is 15.9. The van der Waals surface area contributed by atoms with Crippen molar-refractivity contribution in [3.05, 3.63) is 112 Å². The number of aliphatic hydroxyl groups excluding tert-OH is 1. The fraction of sp³-hybridized carbons (Fsp3) is 0.333. The minimum Gasteiger partial charge on any atom is -0.493 e. The van der Waals surface area contributed by atoms with Crippen LogP contribution in [0.15, 0.2) is 101 Å². The Labute approximate surface area is 250 Å². The van der Waals surface area contributed by atoms with Crippen molar-refractivity contribution < 1.29 is 24.1 Å². The third-order valence-corrected chi connectivity index (χ3v) is 7.69. The molecule has 0 amide bonds. The summed E-state index contributed by atoms with van der Waals surface area (Å²) < 4.78 is 18.9. The number of ether oxygens (including phenoxy) is 3. The quantitative estimate of drug-likeness (QED) is 0.216. The van der Waals surface area contributed by atoms with Crippen molar-refractivity contribution >= 4 is 21.9 Å². The number of hydrogen-bond acceptors (Lipinski definition) is 7. The van der Waals surface area contributed by atoms with E-state index < -0.39 is 12.0 Å². The molecule has 0 saturated heterocycles. The van der Waals surface area contributed by atoms with E-state index in [1.54, 1.807) is 26.2 Å². The van der Waals surface area contributed by atoms with E-state index >= 15 is 0 Å². The number of halogens is 1. The van der Waals surface area contributed by atoms with Gasteiger partial charge in [-0.1, -0.05) is 54.6 Å². The van der Waals surface area contributed by atoms with E-state index in [1.807, 2.05) is 49.4 Å². The number of nitrogens with zero attached hydrogens (tertiary/aromatic N) is 1. The lowest BCUT2D eigenvalue weighted by Crippen LogP contribution is -2.44. The van der Waals surface area contributed by atoms with Gasteiger partial charge in [-0.15, -0.1) is 0 Å². The van der Waals surface area contributed by atoms with Crippen molar-refractivity contribution in [3.63, 3.8) is 0 Å². The van der Waals surface area contributed by atoms with Crippen LogP contribution in [0.4, 0.5) is 0 Å². The van der Waals surface area contributed by atoms with Crippen LogP contribution in [-0.4, -0.2) is 41.4 Å². The number of aliphatic hydroxyl groups is 1. The van der Waals surface area contributed by atoms with E-state index in [9.17, 15) is 9.90 Å². The van der Waals surface area contributed by atoms with Crippen LogP contribution in [-0.2, 0) is 32.2 Å². The van der Waals surface area contributed by atoms with Gasteiger partial charge < -0.3 is 24.6 Å². The van der Waals surface area contributed by atoms with E-state index in [1.165, 1.54) is 0 Å². The van der Waals surface area contributed by atoms with Gasteiger partial charge in [0.1, 0.15) is 30.8 Å². The summed E-state index contributed by atoms with van der Waals surface area (Å²) >= 11 is 3.79. The highest BCUT2D eigenvalue weighted by molar-refractivity contribution is 9.10. The molecule has 0 bridgehead atoms. The number of allylic oxidation sites excluding steroid dienone is 2. The molecule has 4 rings (SSSR count). The van der Waals surface area contributed by atoms with Crippen molar-refractivity contribution in [1.29, 1.82) is 0 Å². The maximum atomic E-state index is 12.4. The number of carbonyl (C=O) groups is 1. The molecule has 7 nitrogen and oxygen atoms in total. The topological polar surface area (TPSA) is 89.9 Å². The van der Waals surface area contributed by atoms with Crippen molar-refractivity contribution in [2.75, 3.05) is 13.2 Å². The second kappa shape index (κ2) is 15.0. The van der Waals surface area contributed by atoms with E-state index in [2.05, 4.69) is 50.5 Å². The second-order valence-corrected chi connectivity index (χ2v) is 11.1. The summed E-state index contributed by atoms with van der Waals surface area (Å²) in [6.45, 7) is 6.42. The van der Waals surface area contributed by atoms with Crippen LogP contribution < -0.4 is 5.32 Å². The van der Waals surface area contributed by atoms with E-state index in [-0.39, 0.29) is 18.6 Å². The van der Waals surface area contributed by atoms with Gasteiger partial charge in [0.15, 0.2) is 0 Å². The number of carbonyl (C=O) groups excluding carboxylic acids is 1. The summed E-state index contributed by atoms with van der Waals surface area (Å²) in [6.07, 6.45) is 5.85. The van der Waals surface area contributed by atoms with Crippen molar-refractivity contribution in [2.24, 2.45) is 5.92 Å². The lowest BCUT2D eigenvalue weighted by molar-refractivity contribution is -0.151. The Kier molecular flexibility index (Phi) is 11.1. The molecular weight excluding hydrogens is 584 g/mol. The van der Waals surface area contributed by atoms with Crippen molar-refractivity contribution in [1.82, 2.24) is 10.3 Å². The van der Waals surface area contributed by atoms with Gasteiger partial charge in [-0.2, -0.15) is 0 Å². The minimum atomic E-state index is -0.812. The maximum Gasteiger partial charge on any atom is 0.325 e. The lowest BCUT2D eigenvalue weighted by atomic mass is 9.91. The van der Waals surface area contributed by atoms with Gasteiger partial charge in [0.2, 0.25) is 0 Å². The molecule has 0 aliphatic heterocycles. The molecule has 0 spiro atoms. The molecule has 41 heavy (non-hydrogen) atoms. The van der Waals surface area contributed by atoms with Gasteiger partial charge in [-0.05, 0) is 65.9 Å². The number of rotatable bonds is 13. The number of esters is 1. The summed E-state index contributed by atoms with van der Waals surface area (Å²) in [5, 5.41) is 13.0. The van der Waals surface area contributed by atoms with Crippen molar-refractivity contribution in [3.8, 4) is 11.1 Å². The first kappa shape index (κ1) is 30.5. The lowest BCUT2D eigenvalue weighted by Gasteiger charge is -2.28. The van der Waals surface area contributed by atoms with Gasteiger partial charge in [0, 0.05) is 46.5 Å². The van der Waals surface area contributed by atoms with Crippen LogP contribution in [0.1, 0.15) is 38.3 Å². The van der Waals surface area contributed by atoms with Gasteiger partial charge in [-0.3, -0.25) is 9.78 Å². The standard InChI is InChI=1S/C33H37BrN2O5/c1-22(2)41-33(38)29(19-37)36-18-27-15-23(3)30(16-31(27)39-20-24-9-8-14-35-17-24)40-21-26-12-7-13-28(32(26)34)25-10-5-4-6-11-25/h4-14,16-17,22,27,29,36-37H,15,18-21H2,1-3H3/t27?,29-/m0/s1. The van der Waals surface area contributed by atoms with Gasteiger partial charge in [0.25, 0.3) is 0 Å². The van der Waals surface area contributed by atoms with Crippen LogP contribution in [0.2, 0.25) is 0 Å². The highest BCUT2D eigenvalue weighted by atomic mass is 79.9. The molecule has 1 aromatic heterocycles. The number of nitrogens with one attached hydrogen (secondary N) is 1. The fourth-order valence-electron chi connectivity index (χ4n) is 4.60. The Morgan fingerprint density at radius 2 is 1.88 bits per heavy atom.